The summed E-state index contributed by atoms with van der Waals surface area (Å²) in [6.45, 7) is 4.51. The predicted octanol–water partition coefficient (Wildman–Crippen LogP) is 3.51. The molecule has 1 aromatic rings. The first kappa shape index (κ1) is 17.3. The Hall–Kier alpha value is -1.04. The van der Waals surface area contributed by atoms with Gasteiger partial charge in [-0.1, -0.05) is 18.0 Å². The fourth-order valence-corrected chi connectivity index (χ4v) is 3.08. The fraction of sp³-hybridized carbons (Fsp3) is 0.562. The zero-order valence-corrected chi connectivity index (χ0v) is 14.6. The summed E-state index contributed by atoms with van der Waals surface area (Å²) in [5.41, 5.74) is 0.860. The molecule has 0 radical (unpaired) electrons. The van der Waals surface area contributed by atoms with Gasteiger partial charge in [0.2, 0.25) is 0 Å². The van der Waals surface area contributed by atoms with Gasteiger partial charge in [0.1, 0.15) is 5.75 Å². The smallest absolute Gasteiger partial charge is 0.170 e. The van der Waals surface area contributed by atoms with Crippen LogP contribution in [0.15, 0.2) is 18.2 Å². The van der Waals surface area contributed by atoms with E-state index in [1.807, 2.05) is 18.2 Å². The van der Waals surface area contributed by atoms with Crippen molar-refractivity contribution in [2.24, 2.45) is 0 Å². The van der Waals surface area contributed by atoms with Gasteiger partial charge in [0.05, 0.1) is 12.1 Å². The van der Waals surface area contributed by atoms with Crippen LogP contribution in [-0.4, -0.2) is 43.3 Å². The third-order valence-corrected chi connectivity index (χ3v) is 4.34. The highest BCUT2D eigenvalue weighted by molar-refractivity contribution is 7.80. The molecule has 0 aromatic heterocycles. The lowest BCUT2D eigenvalue weighted by Crippen LogP contribution is -2.34. The molecule has 0 unspecified atom stereocenters. The molecule has 0 spiro atoms. The Morgan fingerprint density at radius 3 is 2.77 bits per heavy atom. The first-order valence-electron chi connectivity index (χ1n) is 7.80. The minimum Gasteiger partial charge on any atom is -0.495 e. The molecule has 0 amide bonds. The summed E-state index contributed by atoms with van der Waals surface area (Å²) in [5, 5.41) is 7.57. The van der Waals surface area contributed by atoms with Gasteiger partial charge >= 0.3 is 0 Å². The molecule has 0 aliphatic carbocycles. The summed E-state index contributed by atoms with van der Waals surface area (Å²) in [6, 6.07) is 5.53. The van der Waals surface area contributed by atoms with Gasteiger partial charge in [0.25, 0.3) is 0 Å². The fourth-order valence-electron chi connectivity index (χ4n) is 2.61. The minimum absolute atomic E-state index is 0.570. The highest BCUT2D eigenvalue weighted by Crippen LogP contribution is 2.27. The summed E-state index contributed by atoms with van der Waals surface area (Å²) in [6.07, 6.45) is 5.16. The van der Waals surface area contributed by atoms with Crippen molar-refractivity contribution in [1.82, 2.24) is 10.2 Å². The first-order chi connectivity index (χ1) is 10.7. The lowest BCUT2D eigenvalue weighted by molar-refractivity contribution is 0.227. The van der Waals surface area contributed by atoms with Crippen molar-refractivity contribution in [2.45, 2.75) is 25.7 Å². The van der Waals surface area contributed by atoms with E-state index in [9.17, 15) is 0 Å². The van der Waals surface area contributed by atoms with Crippen molar-refractivity contribution in [3.8, 4) is 5.75 Å². The SMILES string of the molecule is COc1ccc(NC(=S)NCCCN2CCCCC2)cc1Cl. The summed E-state index contributed by atoms with van der Waals surface area (Å²) >= 11 is 11.4. The molecule has 2 N–H and O–H groups in total. The molecule has 1 aliphatic rings. The van der Waals surface area contributed by atoms with E-state index in [1.54, 1.807) is 7.11 Å². The molecule has 1 fully saturated rings. The number of methoxy groups -OCH3 is 1. The van der Waals surface area contributed by atoms with E-state index >= 15 is 0 Å². The van der Waals surface area contributed by atoms with Crippen molar-refractivity contribution in [1.29, 1.82) is 0 Å². The monoisotopic (exact) mass is 341 g/mol. The maximum atomic E-state index is 6.09. The van der Waals surface area contributed by atoms with Crippen LogP contribution in [0.1, 0.15) is 25.7 Å². The molecule has 122 valence electrons. The average Bonchev–Trinajstić information content (AvgIpc) is 2.53. The standard InChI is InChI=1S/C16H24ClN3OS/c1-21-15-7-6-13(12-14(15)17)19-16(22)18-8-5-11-20-9-3-2-4-10-20/h6-7,12H,2-5,8-11H2,1H3,(H2,18,19,22). The van der Waals surface area contributed by atoms with Crippen LogP contribution in [0, 0.1) is 0 Å². The first-order valence-corrected chi connectivity index (χ1v) is 8.58. The second-order valence-corrected chi connectivity index (χ2v) is 6.30. The van der Waals surface area contributed by atoms with E-state index in [0.29, 0.717) is 15.9 Å². The van der Waals surface area contributed by atoms with E-state index in [1.165, 1.54) is 32.4 Å². The van der Waals surface area contributed by atoms with Crippen LogP contribution in [0.5, 0.6) is 5.75 Å². The van der Waals surface area contributed by atoms with Gasteiger partial charge in [-0.15, -0.1) is 0 Å². The topological polar surface area (TPSA) is 36.5 Å². The highest BCUT2D eigenvalue weighted by atomic mass is 35.5. The molecule has 0 atom stereocenters. The normalized spacial score (nSPS) is 15.4. The molecule has 1 aromatic carbocycles. The van der Waals surface area contributed by atoms with Gasteiger partial charge in [0, 0.05) is 12.2 Å². The lowest BCUT2D eigenvalue weighted by atomic mass is 10.1. The molecule has 6 heteroatoms. The quantitative estimate of drug-likeness (QED) is 0.611. The van der Waals surface area contributed by atoms with Crippen molar-refractivity contribution in [2.75, 3.05) is 38.6 Å². The summed E-state index contributed by atoms with van der Waals surface area (Å²) in [5.74, 6) is 0.660. The molecule has 0 bridgehead atoms. The van der Waals surface area contributed by atoms with Gasteiger partial charge in [-0.25, -0.2) is 0 Å². The number of anilines is 1. The number of hydrogen-bond donors (Lipinski definition) is 2. The van der Waals surface area contributed by atoms with Gasteiger partial charge < -0.3 is 20.3 Å². The maximum absolute atomic E-state index is 6.09. The van der Waals surface area contributed by atoms with E-state index in [2.05, 4.69) is 15.5 Å². The second-order valence-electron chi connectivity index (χ2n) is 5.49. The Balaban J connectivity index is 1.66. The number of benzene rings is 1. The number of likely N-dealkylation sites (tertiary alicyclic amines) is 1. The van der Waals surface area contributed by atoms with Crippen LogP contribution >= 0.6 is 23.8 Å². The van der Waals surface area contributed by atoms with Gasteiger partial charge in [-0.05, 0) is 69.3 Å². The number of ether oxygens (including phenoxy) is 1. The number of thiocarbonyl (C=S) groups is 1. The van der Waals surface area contributed by atoms with Crippen LogP contribution in [0.25, 0.3) is 0 Å². The number of rotatable bonds is 6. The maximum Gasteiger partial charge on any atom is 0.170 e. The van der Waals surface area contributed by atoms with Crippen LogP contribution in [0.3, 0.4) is 0 Å². The molecule has 1 aliphatic heterocycles. The molecule has 4 nitrogen and oxygen atoms in total. The Morgan fingerprint density at radius 1 is 1.32 bits per heavy atom. The number of nitrogens with one attached hydrogen (secondary N) is 2. The average molecular weight is 342 g/mol. The van der Waals surface area contributed by atoms with Gasteiger partial charge in [0.15, 0.2) is 5.11 Å². The van der Waals surface area contributed by atoms with Crippen molar-refractivity contribution >= 4 is 34.6 Å². The van der Waals surface area contributed by atoms with Crippen molar-refractivity contribution in [3.05, 3.63) is 23.2 Å². The Morgan fingerprint density at radius 2 is 2.09 bits per heavy atom. The third kappa shape index (κ3) is 5.63. The lowest BCUT2D eigenvalue weighted by Gasteiger charge is -2.26. The van der Waals surface area contributed by atoms with E-state index in [4.69, 9.17) is 28.6 Å². The molecular formula is C16H24ClN3OS. The van der Waals surface area contributed by atoms with Crippen LogP contribution in [0.2, 0.25) is 5.02 Å². The molecule has 2 rings (SSSR count). The number of halogens is 1. The number of nitrogens with zero attached hydrogens (tertiary/aromatic N) is 1. The van der Waals surface area contributed by atoms with Crippen molar-refractivity contribution < 1.29 is 4.74 Å². The largest absolute Gasteiger partial charge is 0.495 e. The third-order valence-electron chi connectivity index (χ3n) is 3.80. The minimum atomic E-state index is 0.570. The summed E-state index contributed by atoms with van der Waals surface area (Å²) in [7, 11) is 1.60. The van der Waals surface area contributed by atoms with Gasteiger partial charge in [-0.2, -0.15) is 0 Å². The Kier molecular flexibility index (Phi) is 7.22. The molecule has 22 heavy (non-hydrogen) atoms. The second kappa shape index (κ2) is 9.18. The van der Waals surface area contributed by atoms with Crippen LogP contribution in [0.4, 0.5) is 5.69 Å². The number of hydrogen-bond acceptors (Lipinski definition) is 3. The number of piperidine rings is 1. The van der Waals surface area contributed by atoms with E-state index < -0.39 is 0 Å². The highest BCUT2D eigenvalue weighted by Gasteiger charge is 2.09. The molecule has 1 saturated heterocycles. The predicted molar refractivity (Wildman–Crippen MR) is 97.1 cm³/mol. The molecule has 1 heterocycles. The zero-order valence-electron chi connectivity index (χ0n) is 13.0. The van der Waals surface area contributed by atoms with Crippen LogP contribution < -0.4 is 15.4 Å². The Labute approximate surface area is 143 Å². The Bertz CT molecular complexity index is 492. The molecular weight excluding hydrogens is 318 g/mol. The summed E-state index contributed by atoms with van der Waals surface area (Å²) in [4.78, 5) is 2.53. The van der Waals surface area contributed by atoms with E-state index in [0.717, 1.165) is 25.2 Å². The summed E-state index contributed by atoms with van der Waals surface area (Å²) < 4.78 is 5.13. The zero-order chi connectivity index (χ0) is 15.8. The van der Waals surface area contributed by atoms with E-state index in [-0.39, 0.29) is 0 Å². The van der Waals surface area contributed by atoms with Crippen molar-refractivity contribution in [3.63, 3.8) is 0 Å². The molecule has 0 saturated carbocycles. The van der Waals surface area contributed by atoms with Gasteiger partial charge in [-0.3, -0.25) is 0 Å². The van der Waals surface area contributed by atoms with Crippen LogP contribution in [-0.2, 0) is 0 Å².